The number of hydrogen-bond acceptors (Lipinski definition) is 4. The fourth-order valence-corrected chi connectivity index (χ4v) is 1.62. The van der Waals surface area contributed by atoms with Crippen LogP contribution in [0.25, 0.3) is 0 Å². The fourth-order valence-electron chi connectivity index (χ4n) is 1.62. The summed E-state index contributed by atoms with van der Waals surface area (Å²) in [5, 5.41) is 3.88. The third kappa shape index (κ3) is 2.92. The molecule has 1 amide bonds. The summed E-state index contributed by atoms with van der Waals surface area (Å²) in [6.07, 6.45) is 1.52. The number of carbonyl (C=O) groups excluding carboxylic acids is 1. The molecule has 20 heavy (non-hydrogen) atoms. The number of aromatic nitrogens is 1. The Morgan fingerprint density at radius 1 is 1.30 bits per heavy atom. The Hall–Kier alpha value is -2.47. The van der Waals surface area contributed by atoms with Gasteiger partial charge in [0.25, 0.3) is 5.91 Å². The lowest BCUT2D eigenvalue weighted by Gasteiger charge is -2.16. The monoisotopic (exact) mass is 275 g/mol. The Kier molecular flexibility index (Phi) is 4.27. The first-order valence-corrected chi connectivity index (χ1v) is 5.92. The lowest BCUT2D eigenvalue weighted by atomic mass is 10.2. The molecule has 0 radical (unpaired) electrons. The number of carbonyl (C=O) groups is 1. The van der Waals surface area contributed by atoms with E-state index in [4.69, 9.17) is 4.84 Å². The van der Waals surface area contributed by atoms with Crippen LogP contribution in [0.1, 0.15) is 10.4 Å². The standard InChI is InChI=1S/C14H14FN3O2/c1-18(20-2)14(19)10-6-5-9-16-13(10)17-12-8-4-3-7-11(12)15/h3-9H,1-2H3,(H,16,17). The maximum atomic E-state index is 13.6. The first-order valence-electron chi connectivity index (χ1n) is 5.92. The van der Waals surface area contributed by atoms with Crippen molar-refractivity contribution in [2.45, 2.75) is 0 Å². The van der Waals surface area contributed by atoms with Gasteiger partial charge in [0, 0.05) is 13.2 Å². The topological polar surface area (TPSA) is 54.5 Å². The average Bonchev–Trinajstić information content (AvgIpc) is 2.48. The largest absolute Gasteiger partial charge is 0.337 e. The van der Waals surface area contributed by atoms with Gasteiger partial charge in [-0.25, -0.2) is 14.4 Å². The van der Waals surface area contributed by atoms with Gasteiger partial charge in [0.1, 0.15) is 11.6 Å². The molecule has 0 aliphatic rings. The van der Waals surface area contributed by atoms with Crippen LogP contribution in [-0.2, 0) is 4.84 Å². The number of para-hydroxylation sites is 1. The van der Waals surface area contributed by atoms with Gasteiger partial charge in [-0.3, -0.25) is 9.63 Å². The van der Waals surface area contributed by atoms with Gasteiger partial charge in [0.2, 0.25) is 0 Å². The third-order valence-corrected chi connectivity index (χ3v) is 2.72. The third-order valence-electron chi connectivity index (χ3n) is 2.72. The van der Waals surface area contributed by atoms with Gasteiger partial charge in [-0.1, -0.05) is 12.1 Å². The molecular weight excluding hydrogens is 261 g/mol. The quantitative estimate of drug-likeness (QED) is 0.871. The van der Waals surface area contributed by atoms with Gasteiger partial charge < -0.3 is 5.32 Å². The van der Waals surface area contributed by atoms with Crippen LogP contribution in [-0.4, -0.2) is 30.1 Å². The van der Waals surface area contributed by atoms with Crippen LogP contribution in [0.3, 0.4) is 0 Å². The number of hydroxylamine groups is 2. The van der Waals surface area contributed by atoms with Gasteiger partial charge in [-0.2, -0.15) is 0 Å². The van der Waals surface area contributed by atoms with Crippen molar-refractivity contribution in [3.63, 3.8) is 0 Å². The lowest BCUT2D eigenvalue weighted by molar-refractivity contribution is -0.0756. The predicted molar refractivity (Wildman–Crippen MR) is 73.0 cm³/mol. The summed E-state index contributed by atoms with van der Waals surface area (Å²) in [6, 6.07) is 9.39. The zero-order valence-corrected chi connectivity index (χ0v) is 11.1. The first-order chi connectivity index (χ1) is 9.63. The van der Waals surface area contributed by atoms with Crippen LogP contribution in [0.15, 0.2) is 42.6 Å². The van der Waals surface area contributed by atoms with Gasteiger partial charge in [-0.15, -0.1) is 0 Å². The summed E-state index contributed by atoms with van der Waals surface area (Å²) in [5.41, 5.74) is 0.542. The van der Waals surface area contributed by atoms with E-state index in [0.717, 1.165) is 5.06 Å². The number of nitrogens with zero attached hydrogens (tertiary/aromatic N) is 2. The summed E-state index contributed by atoms with van der Waals surface area (Å²) in [4.78, 5) is 21.0. The lowest BCUT2D eigenvalue weighted by Crippen LogP contribution is -2.26. The maximum absolute atomic E-state index is 13.6. The van der Waals surface area contributed by atoms with Crippen LogP contribution in [0, 0.1) is 5.82 Å². The van der Waals surface area contributed by atoms with Crippen molar-refractivity contribution in [2.75, 3.05) is 19.5 Å². The van der Waals surface area contributed by atoms with Crippen molar-refractivity contribution < 1.29 is 14.0 Å². The molecule has 0 saturated heterocycles. The highest BCUT2D eigenvalue weighted by molar-refractivity contribution is 5.98. The highest BCUT2D eigenvalue weighted by Gasteiger charge is 2.17. The van der Waals surface area contributed by atoms with Crippen LogP contribution < -0.4 is 5.32 Å². The summed E-state index contributed by atoms with van der Waals surface area (Å²) in [6.45, 7) is 0. The van der Waals surface area contributed by atoms with Crippen molar-refractivity contribution in [3.8, 4) is 0 Å². The first kappa shape index (κ1) is 14.0. The molecule has 0 spiro atoms. The molecule has 5 nitrogen and oxygen atoms in total. The molecule has 0 bridgehead atoms. The number of rotatable bonds is 4. The molecule has 104 valence electrons. The fraction of sp³-hybridized carbons (Fsp3) is 0.143. The SMILES string of the molecule is CON(C)C(=O)c1cccnc1Nc1ccccc1F. The number of benzene rings is 1. The van der Waals surface area contributed by atoms with Crippen LogP contribution in [0.5, 0.6) is 0 Å². The van der Waals surface area contributed by atoms with E-state index in [1.807, 2.05) is 0 Å². The molecule has 1 N–H and O–H groups in total. The van der Waals surface area contributed by atoms with Crippen LogP contribution in [0.2, 0.25) is 0 Å². The Balaban J connectivity index is 2.34. The van der Waals surface area contributed by atoms with E-state index in [2.05, 4.69) is 10.3 Å². The molecule has 0 aliphatic carbocycles. The molecule has 2 aromatic rings. The number of halogens is 1. The van der Waals surface area contributed by atoms with Crippen molar-refractivity contribution in [3.05, 3.63) is 54.0 Å². The molecule has 1 aromatic heterocycles. The van der Waals surface area contributed by atoms with Crippen molar-refractivity contribution >= 4 is 17.4 Å². The molecular formula is C14H14FN3O2. The molecule has 1 heterocycles. The van der Waals surface area contributed by atoms with E-state index in [1.54, 1.807) is 30.3 Å². The summed E-state index contributed by atoms with van der Waals surface area (Å²) in [5.74, 6) is -0.525. The van der Waals surface area contributed by atoms with Crippen molar-refractivity contribution in [1.29, 1.82) is 0 Å². The van der Waals surface area contributed by atoms with E-state index in [0.29, 0.717) is 5.56 Å². The van der Waals surface area contributed by atoms with Crippen LogP contribution >= 0.6 is 0 Å². The van der Waals surface area contributed by atoms with Gasteiger partial charge >= 0.3 is 0 Å². The summed E-state index contributed by atoms with van der Waals surface area (Å²) < 4.78 is 13.6. The molecule has 1 aromatic carbocycles. The Bertz CT molecular complexity index is 619. The van der Waals surface area contributed by atoms with Crippen LogP contribution in [0.4, 0.5) is 15.9 Å². The second-order valence-corrected chi connectivity index (χ2v) is 3.99. The molecule has 6 heteroatoms. The van der Waals surface area contributed by atoms with E-state index in [9.17, 15) is 9.18 Å². The van der Waals surface area contributed by atoms with Gasteiger partial charge in [0.05, 0.1) is 18.4 Å². The Labute approximate surface area is 116 Å². The number of amides is 1. The molecule has 2 rings (SSSR count). The molecule has 0 aliphatic heterocycles. The van der Waals surface area contributed by atoms with Crippen molar-refractivity contribution in [2.24, 2.45) is 0 Å². The minimum absolute atomic E-state index is 0.250. The zero-order valence-electron chi connectivity index (χ0n) is 11.1. The Morgan fingerprint density at radius 3 is 2.75 bits per heavy atom. The normalized spacial score (nSPS) is 10.2. The molecule has 0 unspecified atom stereocenters. The number of pyridine rings is 1. The van der Waals surface area contributed by atoms with Crippen molar-refractivity contribution in [1.82, 2.24) is 10.0 Å². The maximum Gasteiger partial charge on any atom is 0.280 e. The van der Waals surface area contributed by atoms with E-state index in [-0.39, 0.29) is 17.4 Å². The smallest absolute Gasteiger partial charge is 0.280 e. The number of nitrogens with one attached hydrogen (secondary N) is 1. The molecule has 0 atom stereocenters. The van der Waals surface area contributed by atoms with E-state index < -0.39 is 5.82 Å². The summed E-state index contributed by atoms with van der Waals surface area (Å²) in [7, 11) is 2.88. The molecule has 0 fully saturated rings. The number of hydrogen-bond donors (Lipinski definition) is 1. The minimum atomic E-state index is -0.420. The second kappa shape index (κ2) is 6.12. The molecule has 0 saturated carbocycles. The second-order valence-electron chi connectivity index (χ2n) is 3.99. The van der Waals surface area contributed by atoms with Gasteiger partial charge in [0.15, 0.2) is 0 Å². The summed E-state index contributed by atoms with van der Waals surface area (Å²) >= 11 is 0. The average molecular weight is 275 g/mol. The predicted octanol–water partition coefficient (Wildman–Crippen LogP) is 2.60. The van der Waals surface area contributed by atoms with E-state index >= 15 is 0 Å². The van der Waals surface area contributed by atoms with E-state index in [1.165, 1.54) is 26.4 Å². The Morgan fingerprint density at radius 2 is 2.05 bits per heavy atom. The number of anilines is 2. The highest BCUT2D eigenvalue weighted by atomic mass is 19.1. The minimum Gasteiger partial charge on any atom is -0.337 e. The highest BCUT2D eigenvalue weighted by Crippen LogP contribution is 2.21. The zero-order chi connectivity index (χ0) is 14.5. The van der Waals surface area contributed by atoms with Gasteiger partial charge in [-0.05, 0) is 24.3 Å².